The van der Waals surface area contributed by atoms with Gasteiger partial charge in [0.25, 0.3) is 23.6 Å². The maximum absolute atomic E-state index is 15.2. The number of thiazole rings is 5. The summed E-state index contributed by atoms with van der Waals surface area (Å²) in [4.78, 5) is 144. The zero-order valence-corrected chi connectivity index (χ0v) is 57.1. The van der Waals surface area contributed by atoms with Gasteiger partial charge in [0.15, 0.2) is 18.1 Å². The first-order chi connectivity index (χ1) is 46.7. The molecule has 1 fully saturated rings. The maximum Gasteiger partial charge on any atom is 0.358 e. The van der Waals surface area contributed by atoms with Gasteiger partial charge in [-0.15, -0.1) is 56.7 Å². The summed E-state index contributed by atoms with van der Waals surface area (Å²) in [5, 5.41) is 67.7. The first-order valence-corrected chi connectivity index (χ1v) is 34.4. The number of nitrogens with two attached hydrogens (primary N) is 1. The molecule has 0 radical (unpaired) electrons. The number of aliphatic hydroxyl groups is 2. The molecule has 11 atom stereocenters. The zero-order chi connectivity index (χ0) is 69.9. The number of carbonyl (C=O) groups is 8. The number of cyclic esters (lactones) is 2. The molecule has 7 aromatic heterocycles. The number of amides is 6. The number of nitrogens with one attached hydrogen (secondary N) is 5. The number of carbonyl (C=O) groups excluding carboxylic acids is 8. The van der Waals surface area contributed by atoms with Crippen LogP contribution in [0.1, 0.15) is 132 Å². The molecule has 514 valence electrons. The van der Waals surface area contributed by atoms with Crippen LogP contribution < -0.4 is 32.3 Å². The number of fused-ring (bicyclic) bond motifs is 15. The fourth-order valence-electron chi connectivity index (χ4n) is 11.8. The second-order valence-electron chi connectivity index (χ2n) is 23.6. The number of aliphatic hydroxyl groups excluding tert-OH is 1. The summed E-state index contributed by atoms with van der Waals surface area (Å²) in [6, 6.07) is -0.401. The van der Waals surface area contributed by atoms with Crippen LogP contribution in [-0.4, -0.2) is 190 Å². The minimum absolute atomic E-state index is 0.0129. The predicted molar refractivity (Wildman–Crippen MR) is 350 cm³/mol. The Morgan fingerprint density at radius 3 is 2.21 bits per heavy atom. The number of aromatic hydroxyl groups is 1. The third kappa shape index (κ3) is 13.4. The molecule has 12 bridgehead atoms. The van der Waals surface area contributed by atoms with E-state index >= 15 is 14.4 Å². The van der Waals surface area contributed by atoms with Gasteiger partial charge in [0.1, 0.15) is 126 Å². The third-order valence-corrected chi connectivity index (χ3v) is 21.0. The van der Waals surface area contributed by atoms with E-state index in [4.69, 9.17) is 49.1 Å². The highest BCUT2D eigenvalue weighted by molar-refractivity contribution is 7.14. The van der Waals surface area contributed by atoms with Crippen molar-refractivity contribution in [3.63, 3.8) is 0 Å². The Labute approximate surface area is 575 Å². The number of hydrogen-bond donors (Lipinski definition) is 10. The monoisotopic (exact) mass is 1440 g/mol. The number of methoxy groups -OCH3 is 1. The first kappa shape index (κ1) is 68.7. The van der Waals surface area contributed by atoms with Gasteiger partial charge < -0.3 is 86.2 Å². The van der Waals surface area contributed by atoms with Gasteiger partial charge in [-0.1, -0.05) is 12.1 Å². The molecule has 11 N–H and O–H groups in total. The van der Waals surface area contributed by atoms with Crippen LogP contribution in [-0.2, 0) is 56.0 Å². The number of ether oxygens (including phenoxy) is 6. The van der Waals surface area contributed by atoms with Crippen molar-refractivity contribution >= 4 is 121 Å². The molecule has 32 nitrogen and oxygen atoms in total. The van der Waals surface area contributed by atoms with Crippen LogP contribution in [0, 0.1) is 0 Å². The summed E-state index contributed by atoms with van der Waals surface area (Å²) < 4.78 is 38.2. The van der Waals surface area contributed by atoms with E-state index in [-0.39, 0.29) is 105 Å². The lowest BCUT2D eigenvalue weighted by atomic mass is 9.85. The second kappa shape index (κ2) is 27.6. The molecule has 0 saturated carbocycles. The summed E-state index contributed by atoms with van der Waals surface area (Å²) >= 11 is 4.51. The fraction of sp³-hybridized carbons (Fsp3) is 0.377. The first-order valence-electron chi connectivity index (χ1n) is 30.0. The standard InChI is InChI=1S/C61H62N14O18S5/c1-22(48(62)78)63-49(79)31-19-97-57(68-31)42-36(77)12-27-41(70-42)30-17-95-55(65-30)29-16-91-59(84)44-28-15-89-45(46(93-37-13-61(5,86)47(74(6)7)25(4)92-37)60(85)90-14-26-10-9-11-35(38(26)28)75(44)87)43(58-69-32(20-98-58)50(80)64-29)73-52(82)34-21-96-56(67-34)40(24(3)88-8)72-53(83)39(23(2)76)71-51(81)33-18-94-54(27)66-33/h9-12,17-23,25,29,37,39,43,45-47,76-77,86-87H,13-16H2,1-8H3,(H2,62,78)(H,63,79)(H,64,80)(H,71,81)(H,72,83)(H,73,82)/b40-24+/t22-,23+,25-,29-,37-,39-,43-,45-,46-,47+,61-/m0/s1. The molecule has 6 amide bonds. The van der Waals surface area contributed by atoms with E-state index in [2.05, 4.69) is 41.5 Å². The van der Waals surface area contributed by atoms with Crippen molar-refractivity contribution in [3.8, 4) is 38.4 Å². The van der Waals surface area contributed by atoms with Crippen LogP contribution in [0.15, 0.2) is 56.9 Å². The molecule has 8 aromatic rings. The number of esters is 2. The Morgan fingerprint density at radius 2 is 1.50 bits per heavy atom. The van der Waals surface area contributed by atoms with E-state index in [9.17, 15) is 44.5 Å². The smallest absolute Gasteiger partial charge is 0.358 e. The van der Waals surface area contributed by atoms with Gasteiger partial charge in [0.2, 0.25) is 11.8 Å². The van der Waals surface area contributed by atoms with E-state index in [0.717, 1.165) is 56.7 Å². The summed E-state index contributed by atoms with van der Waals surface area (Å²) in [6.07, 6.45) is -7.54. The SMILES string of the molecule is CO/C(C)=C1/NC(=O)[C@H]([C@@H](C)O)NC(=O)c2csc(n2)-c2cc(O)c(-c3nc(C(=O)N[C@@H](C)C(N)=O)cs3)nc2-c2csc(n2)[C@@H]2COC(=O)c3c4c5c(cccc5n3O)COC(=O)[C@@H](O[C@H]3C[C@](C)(O)[C@H](N(C)C)[C@H](C)O3)[C@@H](OC4)[C@H](NC(=O)c3csc1n3)c1nc(cs1)C(=O)N2. The maximum atomic E-state index is 15.2. The van der Waals surface area contributed by atoms with Crippen LogP contribution >= 0.6 is 56.7 Å². The van der Waals surface area contributed by atoms with E-state index < -0.39 is 145 Å². The number of aromatic nitrogens is 7. The van der Waals surface area contributed by atoms with Gasteiger partial charge >= 0.3 is 11.9 Å². The highest BCUT2D eigenvalue weighted by Crippen LogP contribution is 2.43. The van der Waals surface area contributed by atoms with Crippen molar-refractivity contribution in [2.45, 2.75) is 121 Å². The van der Waals surface area contributed by atoms with Crippen LogP contribution in [0.25, 0.3) is 49.3 Å². The van der Waals surface area contributed by atoms with Gasteiger partial charge in [-0.25, -0.2) is 39.5 Å². The van der Waals surface area contributed by atoms with Crippen molar-refractivity contribution in [1.82, 2.24) is 66.1 Å². The number of primary amides is 1. The molecule has 1 saturated heterocycles. The highest BCUT2D eigenvalue weighted by atomic mass is 32.1. The molecule has 0 unspecified atom stereocenters. The van der Waals surface area contributed by atoms with E-state index in [1.807, 2.05) is 0 Å². The zero-order valence-electron chi connectivity index (χ0n) is 53.0. The second-order valence-corrected chi connectivity index (χ2v) is 28.0. The molecule has 0 spiro atoms. The van der Waals surface area contributed by atoms with E-state index in [1.54, 1.807) is 45.0 Å². The number of hydrogen-bond acceptors (Lipinski definition) is 30. The Hall–Kier alpha value is -9.28. The number of nitrogens with zero attached hydrogens (tertiary/aromatic N) is 8. The van der Waals surface area contributed by atoms with Gasteiger partial charge in [0.05, 0.1) is 43.1 Å². The van der Waals surface area contributed by atoms with Crippen molar-refractivity contribution in [1.29, 1.82) is 0 Å². The van der Waals surface area contributed by atoms with Crippen LogP contribution in [0.4, 0.5) is 0 Å². The van der Waals surface area contributed by atoms with E-state index in [1.165, 1.54) is 66.9 Å². The number of benzene rings is 1. The Bertz CT molecular complexity index is 4550. The average Bonchev–Trinajstić information content (AvgIpc) is 1.65. The Balaban J connectivity index is 1.04. The molecule has 11 heterocycles. The number of pyridine rings is 1. The molecule has 0 aliphatic carbocycles. The fourth-order valence-corrected chi connectivity index (χ4v) is 16.0. The van der Waals surface area contributed by atoms with Crippen molar-refractivity contribution in [2.75, 3.05) is 27.8 Å². The Kier molecular flexibility index (Phi) is 19.3. The van der Waals surface area contributed by atoms with Gasteiger partial charge in [-0.2, -0.15) is 4.73 Å². The summed E-state index contributed by atoms with van der Waals surface area (Å²) in [5.41, 5.74) is 2.67. The summed E-state index contributed by atoms with van der Waals surface area (Å²) in [7, 11) is 4.84. The van der Waals surface area contributed by atoms with Crippen LogP contribution in [0.3, 0.4) is 0 Å². The number of likely N-dealkylation sites (N-methyl/N-ethyl adjacent to an activating group) is 1. The minimum Gasteiger partial charge on any atom is -0.506 e. The van der Waals surface area contributed by atoms with E-state index in [0.29, 0.717) is 10.3 Å². The van der Waals surface area contributed by atoms with Crippen molar-refractivity contribution in [3.05, 3.63) is 112 Å². The lowest BCUT2D eigenvalue weighted by Crippen LogP contribution is -2.62. The van der Waals surface area contributed by atoms with Gasteiger partial charge in [-0.05, 0) is 66.4 Å². The largest absolute Gasteiger partial charge is 0.506 e. The molecule has 1 aromatic carbocycles. The van der Waals surface area contributed by atoms with Crippen molar-refractivity contribution < 1.29 is 87.3 Å². The average molecular weight is 1440 g/mol. The summed E-state index contributed by atoms with van der Waals surface area (Å²) in [6.45, 7) is 5.63. The molecule has 4 aliphatic rings. The molecular weight excluding hydrogens is 1380 g/mol. The van der Waals surface area contributed by atoms with Gasteiger partial charge in [0, 0.05) is 49.8 Å². The molecule has 4 aliphatic heterocycles. The lowest BCUT2D eigenvalue weighted by Gasteiger charge is -2.48. The van der Waals surface area contributed by atoms with Crippen molar-refractivity contribution in [2.24, 2.45) is 5.73 Å². The normalized spacial score (nSPS) is 24.4. The quantitative estimate of drug-likeness (QED) is 0.0558. The van der Waals surface area contributed by atoms with Gasteiger partial charge in [-0.3, -0.25) is 28.8 Å². The lowest BCUT2D eigenvalue weighted by molar-refractivity contribution is -0.280. The molecular formula is C61H62N14O18S5. The highest BCUT2D eigenvalue weighted by Gasteiger charge is 2.50. The molecule has 12 rings (SSSR count). The number of rotatable bonds is 9. The Morgan fingerprint density at radius 1 is 0.837 bits per heavy atom. The predicted octanol–water partition coefficient (Wildman–Crippen LogP) is 3.77. The minimum atomic E-state index is -1.92. The molecule has 37 heteroatoms. The third-order valence-electron chi connectivity index (χ3n) is 16.5. The van der Waals surface area contributed by atoms with Crippen LogP contribution in [0.2, 0.25) is 0 Å². The van der Waals surface area contributed by atoms with Crippen LogP contribution in [0.5, 0.6) is 5.75 Å². The molecule has 98 heavy (non-hydrogen) atoms. The summed E-state index contributed by atoms with van der Waals surface area (Å²) in [5.74, 6) is -7.94. The number of allylic oxidation sites excluding steroid dienone is 1. The topological polar surface area (TPSA) is 445 Å².